The van der Waals surface area contributed by atoms with Crippen molar-refractivity contribution in [1.29, 1.82) is 0 Å². The summed E-state index contributed by atoms with van der Waals surface area (Å²) in [5.41, 5.74) is 6.57. The van der Waals surface area contributed by atoms with E-state index in [1.54, 1.807) is 12.3 Å². The van der Waals surface area contributed by atoms with E-state index >= 15 is 0 Å². The van der Waals surface area contributed by atoms with Crippen molar-refractivity contribution < 1.29 is 9.53 Å². The molecule has 3 heterocycles. The Bertz CT molecular complexity index is 731. The number of carbonyl (C=O) groups is 1. The molecule has 8 nitrogen and oxygen atoms in total. The van der Waals surface area contributed by atoms with Gasteiger partial charge in [0.05, 0.1) is 6.61 Å². The van der Waals surface area contributed by atoms with Gasteiger partial charge in [0.15, 0.2) is 0 Å². The molecule has 0 saturated carbocycles. The number of nitrogens with zero attached hydrogens (tertiary/aromatic N) is 4. The third-order valence-electron chi connectivity index (χ3n) is 4.14. The Morgan fingerprint density at radius 1 is 1.32 bits per heavy atom. The van der Waals surface area contributed by atoms with Crippen LogP contribution in [0, 0.1) is 0 Å². The van der Waals surface area contributed by atoms with Crippen LogP contribution in [0.5, 0.6) is 5.88 Å². The van der Waals surface area contributed by atoms with Crippen LogP contribution in [-0.2, 0) is 0 Å². The molecule has 2 aromatic rings. The zero-order valence-corrected chi connectivity index (χ0v) is 14.2. The van der Waals surface area contributed by atoms with Crippen LogP contribution in [0.15, 0.2) is 30.7 Å². The number of piperidine rings is 1. The van der Waals surface area contributed by atoms with E-state index in [4.69, 9.17) is 10.5 Å². The molecular weight excluding hydrogens is 320 g/mol. The maximum Gasteiger partial charge on any atom is 0.267 e. The van der Waals surface area contributed by atoms with Crippen LogP contribution < -0.4 is 20.7 Å². The highest BCUT2D eigenvalue weighted by Gasteiger charge is 2.20. The summed E-state index contributed by atoms with van der Waals surface area (Å²) >= 11 is 0. The van der Waals surface area contributed by atoms with E-state index in [1.807, 2.05) is 19.1 Å². The molecule has 0 atom stereocenters. The van der Waals surface area contributed by atoms with Gasteiger partial charge in [0.25, 0.3) is 5.91 Å². The third-order valence-corrected chi connectivity index (χ3v) is 4.14. The Morgan fingerprint density at radius 2 is 2.12 bits per heavy atom. The summed E-state index contributed by atoms with van der Waals surface area (Å²) < 4.78 is 5.40. The van der Waals surface area contributed by atoms with Crippen molar-refractivity contribution in [2.45, 2.75) is 25.8 Å². The van der Waals surface area contributed by atoms with Crippen LogP contribution in [0.3, 0.4) is 0 Å². The van der Waals surface area contributed by atoms with Gasteiger partial charge in [-0.15, -0.1) is 0 Å². The monoisotopic (exact) mass is 342 g/mol. The molecule has 1 fully saturated rings. The van der Waals surface area contributed by atoms with Gasteiger partial charge in [0.2, 0.25) is 5.88 Å². The average molecular weight is 342 g/mol. The lowest BCUT2D eigenvalue weighted by atomic mass is 10.0. The highest BCUT2D eigenvalue weighted by atomic mass is 16.5. The van der Waals surface area contributed by atoms with Gasteiger partial charge in [-0.25, -0.2) is 9.97 Å². The first-order chi connectivity index (χ1) is 12.2. The minimum atomic E-state index is -0.507. The second kappa shape index (κ2) is 7.78. The number of aromatic nitrogens is 3. The molecule has 1 aliphatic heterocycles. The highest BCUT2D eigenvalue weighted by molar-refractivity contribution is 5.91. The predicted molar refractivity (Wildman–Crippen MR) is 94.8 cm³/mol. The van der Waals surface area contributed by atoms with Crippen molar-refractivity contribution in [2.24, 2.45) is 5.73 Å². The summed E-state index contributed by atoms with van der Waals surface area (Å²) in [5, 5.41) is 3.44. The van der Waals surface area contributed by atoms with E-state index in [0.717, 1.165) is 37.4 Å². The number of rotatable bonds is 6. The van der Waals surface area contributed by atoms with Gasteiger partial charge in [-0.1, -0.05) is 0 Å². The van der Waals surface area contributed by atoms with Crippen molar-refractivity contribution in [3.05, 3.63) is 36.4 Å². The van der Waals surface area contributed by atoms with E-state index in [9.17, 15) is 4.79 Å². The molecule has 0 aromatic carbocycles. The number of ether oxygens (including phenoxy) is 1. The Kier molecular flexibility index (Phi) is 5.27. The van der Waals surface area contributed by atoms with Crippen LogP contribution in [0.25, 0.3) is 0 Å². The molecule has 3 N–H and O–H groups in total. The summed E-state index contributed by atoms with van der Waals surface area (Å²) in [6.07, 6.45) is 5.05. The van der Waals surface area contributed by atoms with Gasteiger partial charge >= 0.3 is 0 Å². The van der Waals surface area contributed by atoms with E-state index in [0.29, 0.717) is 24.2 Å². The van der Waals surface area contributed by atoms with Crippen molar-refractivity contribution >= 4 is 17.4 Å². The summed E-state index contributed by atoms with van der Waals surface area (Å²) in [5.74, 6) is 0.845. The van der Waals surface area contributed by atoms with Crippen LogP contribution in [0.1, 0.15) is 30.3 Å². The van der Waals surface area contributed by atoms with Crippen LogP contribution in [0.4, 0.5) is 11.5 Å². The summed E-state index contributed by atoms with van der Waals surface area (Å²) in [4.78, 5) is 25.8. The van der Waals surface area contributed by atoms with Gasteiger partial charge in [-0.05, 0) is 31.9 Å². The molecule has 1 aliphatic rings. The number of primary amides is 1. The number of carbonyl (C=O) groups excluding carboxylic acids is 1. The van der Waals surface area contributed by atoms with Gasteiger partial charge in [0, 0.05) is 37.1 Å². The molecule has 0 spiro atoms. The molecule has 3 rings (SSSR count). The number of hydrogen-bond donors (Lipinski definition) is 2. The minimum absolute atomic E-state index is 0.294. The maximum atomic E-state index is 11.3. The molecule has 0 bridgehead atoms. The molecule has 8 heteroatoms. The number of hydrogen-bond acceptors (Lipinski definition) is 7. The first kappa shape index (κ1) is 16.9. The van der Waals surface area contributed by atoms with E-state index in [-0.39, 0.29) is 0 Å². The molecular formula is C17H22N6O2. The average Bonchev–Trinajstić information content (AvgIpc) is 2.63. The summed E-state index contributed by atoms with van der Waals surface area (Å²) in [7, 11) is 0. The Hall–Kier alpha value is -2.90. The molecule has 1 amide bonds. The largest absolute Gasteiger partial charge is 0.478 e. The van der Waals surface area contributed by atoms with Crippen molar-refractivity contribution in [2.75, 3.05) is 29.9 Å². The summed E-state index contributed by atoms with van der Waals surface area (Å²) in [6.45, 7) is 4.26. The van der Waals surface area contributed by atoms with Crippen molar-refractivity contribution in [3.63, 3.8) is 0 Å². The minimum Gasteiger partial charge on any atom is -0.478 e. The molecule has 2 aromatic heterocycles. The molecule has 1 saturated heterocycles. The topological polar surface area (TPSA) is 106 Å². The number of amides is 1. The Morgan fingerprint density at radius 3 is 2.84 bits per heavy atom. The lowest BCUT2D eigenvalue weighted by molar-refractivity contribution is 0.0995. The fraction of sp³-hybridized carbons (Fsp3) is 0.412. The number of anilines is 2. The zero-order valence-electron chi connectivity index (χ0n) is 14.2. The second-order valence-corrected chi connectivity index (χ2v) is 5.84. The standard InChI is InChI=1S/C17H22N6O2/c1-2-25-16-10-15(20-11-21-16)22-12-4-7-23(8-5-12)13-3-6-19-14(9-13)17(18)24/h3,6,9-12H,2,4-5,7-8H2,1H3,(H2,18,24)(H,20,21,22). The number of nitrogens with two attached hydrogens (primary N) is 1. The van der Waals surface area contributed by atoms with Crippen molar-refractivity contribution in [1.82, 2.24) is 15.0 Å². The van der Waals surface area contributed by atoms with Crippen LogP contribution >= 0.6 is 0 Å². The predicted octanol–water partition coefficient (Wildman–Crippen LogP) is 1.45. The Labute approximate surface area is 146 Å². The van der Waals surface area contributed by atoms with Crippen LogP contribution in [-0.4, -0.2) is 46.6 Å². The normalized spacial score (nSPS) is 15.0. The first-order valence-corrected chi connectivity index (χ1v) is 8.38. The van der Waals surface area contributed by atoms with Crippen LogP contribution in [0.2, 0.25) is 0 Å². The van der Waals surface area contributed by atoms with Gasteiger partial charge in [0.1, 0.15) is 17.8 Å². The summed E-state index contributed by atoms with van der Waals surface area (Å²) in [6, 6.07) is 5.80. The fourth-order valence-corrected chi connectivity index (χ4v) is 2.89. The van der Waals surface area contributed by atoms with E-state index < -0.39 is 5.91 Å². The molecule has 132 valence electrons. The van der Waals surface area contributed by atoms with E-state index in [1.165, 1.54) is 6.33 Å². The third kappa shape index (κ3) is 4.34. The number of pyridine rings is 1. The quantitative estimate of drug-likeness (QED) is 0.818. The SMILES string of the molecule is CCOc1cc(NC2CCN(c3ccnc(C(N)=O)c3)CC2)ncn1. The Balaban J connectivity index is 1.58. The maximum absolute atomic E-state index is 11.3. The lowest BCUT2D eigenvalue weighted by Gasteiger charge is -2.34. The molecule has 0 radical (unpaired) electrons. The van der Waals surface area contributed by atoms with E-state index in [2.05, 4.69) is 25.2 Å². The van der Waals surface area contributed by atoms with Gasteiger partial charge < -0.3 is 20.7 Å². The number of nitrogens with one attached hydrogen (secondary N) is 1. The molecule has 0 aliphatic carbocycles. The second-order valence-electron chi connectivity index (χ2n) is 5.84. The lowest BCUT2D eigenvalue weighted by Crippen LogP contribution is -2.39. The molecule has 0 unspecified atom stereocenters. The highest BCUT2D eigenvalue weighted by Crippen LogP contribution is 2.22. The van der Waals surface area contributed by atoms with Gasteiger partial charge in [-0.2, -0.15) is 0 Å². The molecule has 25 heavy (non-hydrogen) atoms. The van der Waals surface area contributed by atoms with Gasteiger partial charge in [-0.3, -0.25) is 9.78 Å². The zero-order chi connectivity index (χ0) is 17.6. The fourth-order valence-electron chi connectivity index (χ4n) is 2.89. The smallest absolute Gasteiger partial charge is 0.267 e. The first-order valence-electron chi connectivity index (χ1n) is 8.38. The van der Waals surface area contributed by atoms with Crippen molar-refractivity contribution in [3.8, 4) is 5.88 Å².